The van der Waals surface area contributed by atoms with Gasteiger partial charge in [0.25, 0.3) is 0 Å². The third kappa shape index (κ3) is 4.73. The van der Waals surface area contributed by atoms with Crippen molar-refractivity contribution in [1.29, 1.82) is 0 Å². The quantitative estimate of drug-likeness (QED) is 0.200. The summed E-state index contributed by atoms with van der Waals surface area (Å²) in [5.74, 6) is 0. The molecule has 0 bridgehead atoms. The minimum atomic E-state index is 0.913. The number of nitrogens with zero attached hydrogens (tertiary/aromatic N) is 1. The number of para-hydroxylation sites is 2. The van der Waals surface area contributed by atoms with E-state index in [1.807, 2.05) is 12.1 Å². The van der Waals surface area contributed by atoms with Crippen LogP contribution in [-0.4, -0.2) is 0 Å². The van der Waals surface area contributed by atoms with E-state index in [0.717, 1.165) is 50.1 Å². The molecule has 7 aromatic carbocycles. The molecule has 0 spiro atoms. The highest BCUT2D eigenvalue weighted by Crippen LogP contribution is 2.39. The smallest absolute Gasteiger partial charge is 0.143 e. The molecule has 8 aromatic rings. The Balaban J connectivity index is 1.19. The highest BCUT2D eigenvalue weighted by atomic mass is 16.3. The Morgan fingerprint density at radius 2 is 0.750 bits per heavy atom. The van der Waals surface area contributed by atoms with Crippen LogP contribution in [0.1, 0.15) is 0 Å². The molecule has 44 heavy (non-hydrogen) atoms. The maximum Gasteiger partial charge on any atom is 0.143 e. The minimum absolute atomic E-state index is 0.913. The second-order valence-electron chi connectivity index (χ2n) is 11.0. The highest BCUT2D eigenvalue weighted by molar-refractivity contribution is 6.09. The first-order chi connectivity index (χ1) is 21.8. The van der Waals surface area contributed by atoms with Gasteiger partial charge in [0.1, 0.15) is 11.2 Å². The van der Waals surface area contributed by atoms with Crippen LogP contribution in [0.15, 0.2) is 180 Å². The summed E-state index contributed by atoms with van der Waals surface area (Å²) in [5, 5.41) is 2.28. The number of hydrogen-bond donors (Lipinski definition) is 0. The van der Waals surface area contributed by atoms with E-state index < -0.39 is 0 Å². The molecule has 0 fully saturated rings. The maximum atomic E-state index is 6.34. The zero-order chi connectivity index (χ0) is 29.3. The molecule has 0 saturated carbocycles. The summed E-state index contributed by atoms with van der Waals surface area (Å²) in [4.78, 5) is 2.31. The fourth-order valence-electron chi connectivity index (χ4n) is 6.08. The topological polar surface area (TPSA) is 16.4 Å². The van der Waals surface area contributed by atoms with Gasteiger partial charge in [-0.05, 0) is 70.3 Å². The summed E-state index contributed by atoms with van der Waals surface area (Å²) < 4.78 is 6.34. The van der Waals surface area contributed by atoms with Gasteiger partial charge in [-0.15, -0.1) is 0 Å². The van der Waals surface area contributed by atoms with Gasteiger partial charge in [-0.2, -0.15) is 0 Å². The van der Waals surface area contributed by atoms with E-state index in [0.29, 0.717) is 0 Å². The molecule has 0 saturated heterocycles. The predicted octanol–water partition coefficient (Wildman–Crippen LogP) is 12.1. The van der Waals surface area contributed by atoms with E-state index in [1.165, 1.54) is 22.3 Å². The van der Waals surface area contributed by atoms with E-state index in [-0.39, 0.29) is 0 Å². The molecular formula is C42H29NO. The van der Waals surface area contributed by atoms with E-state index in [4.69, 9.17) is 4.42 Å². The second-order valence-corrected chi connectivity index (χ2v) is 11.0. The van der Waals surface area contributed by atoms with Gasteiger partial charge in [0, 0.05) is 33.4 Å². The third-order valence-electron chi connectivity index (χ3n) is 8.31. The molecule has 0 aliphatic heterocycles. The molecule has 208 valence electrons. The van der Waals surface area contributed by atoms with E-state index in [1.54, 1.807) is 0 Å². The number of hydrogen-bond acceptors (Lipinski definition) is 2. The van der Waals surface area contributed by atoms with Crippen molar-refractivity contribution in [2.45, 2.75) is 0 Å². The summed E-state index contributed by atoms with van der Waals surface area (Å²) >= 11 is 0. The summed E-state index contributed by atoms with van der Waals surface area (Å²) in [5.41, 5.74) is 12.2. The Kier molecular flexibility index (Phi) is 6.51. The Morgan fingerprint density at radius 1 is 0.318 bits per heavy atom. The van der Waals surface area contributed by atoms with Crippen molar-refractivity contribution in [3.63, 3.8) is 0 Å². The summed E-state index contributed by atoms with van der Waals surface area (Å²) in [6.45, 7) is 0. The van der Waals surface area contributed by atoms with Crippen LogP contribution < -0.4 is 4.90 Å². The van der Waals surface area contributed by atoms with Crippen molar-refractivity contribution >= 4 is 39.0 Å². The number of anilines is 3. The molecule has 0 unspecified atom stereocenters. The molecule has 0 radical (unpaired) electrons. The molecule has 2 nitrogen and oxygen atoms in total. The maximum absolute atomic E-state index is 6.34. The van der Waals surface area contributed by atoms with Crippen LogP contribution in [0.2, 0.25) is 0 Å². The Hall–Kier alpha value is -5.86. The normalized spacial score (nSPS) is 11.2. The number of furan rings is 1. The lowest BCUT2D eigenvalue weighted by molar-refractivity contribution is 0.670. The largest absolute Gasteiger partial charge is 0.455 e. The van der Waals surface area contributed by atoms with Gasteiger partial charge in [-0.1, -0.05) is 133 Å². The van der Waals surface area contributed by atoms with Crippen molar-refractivity contribution < 1.29 is 4.42 Å². The first-order valence-corrected chi connectivity index (χ1v) is 14.9. The fourth-order valence-corrected chi connectivity index (χ4v) is 6.08. The zero-order valence-electron chi connectivity index (χ0n) is 24.1. The molecule has 8 rings (SSSR count). The molecule has 1 aromatic heterocycles. The van der Waals surface area contributed by atoms with Gasteiger partial charge in [0.05, 0.1) is 0 Å². The molecule has 2 heteroatoms. The SMILES string of the molecule is c1ccc(-c2ccc(N(c3ccc(-c4ccccc4)cc3)c3ccc(-c4cccc5c4oc4ccccc45)cc3)cc2)cc1. The van der Waals surface area contributed by atoms with Crippen LogP contribution in [0.3, 0.4) is 0 Å². The first kappa shape index (κ1) is 25.8. The van der Waals surface area contributed by atoms with Crippen LogP contribution in [0, 0.1) is 0 Å². The minimum Gasteiger partial charge on any atom is -0.455 e. The van der Waals surface area contributed by atoms with E-state index in [9.17, 15) is 0 Å². The molecule has 1 heterocycles. The van der Waals surface area contributed by atoms with Crippen LogP contribution in [0.4, 0.5) is 17.1 Å². The summed E-state index contributed by atoms with van der Waals surface area (Å²) in [6.07, 6.45) is 0. The zero-order valence-corrected chi connectivity index (χ0v) is 24.1. The standard InChI is InChI=1S/C42H29NO/c1-3-10-30(11-4-1)32-18-24-35(25-19-32)43(36-26-20-33(21-27-36)31-12-5-2-6-13-31)37-28-22-34(23-29-37)38-15-9-16-40-39-14-7-8-17-41(39)44-42(38)40/h1-29H. The molecule has 0 atom stereocenters. The number of benzene rings is 7. The van der Waals surface area contributed by atoms with Gasteiger partial charge < -0.3 is 9.32 Å². The second kappa shape index (κ2) is 11.1. The molecular weight excluding hydrogens is 534 g/mol. The van der Waals surface area contributed by atoms with E-state index >= 15 is 0 Å². The van der Waals surface area contributed by atoms with Crippen LogP contribution >= 0.6 is 0 Å². The lowest BCUT2D eigenvalue weighted by atomic mass is 10.0. The number of fused-ring (bicyclic) bond motifs is 3. The van der Waals surface area contributed by atoms with Crippen molar-refractivity contribution in [1.82, 2.24) is 0 Å². The monoisotopic (exact) mass is 563 g/mol. The Bertz CT molecular complexity index is 2100. The molecule has 0 N–H and O–H groups in total. The van der Waals surface area contributed by atoms with Gasteiger partial charge in [0.2, 0.25) is 0 Å². The van der Waals surface area contributed by atoms with Crippen LogP contribution in [0.5, 0.6) is 0 Å². The van der Waals surface area contributed by atoms with Crippen LogP contribution in [0.25, 0.3) is 55.3 Å². The Morgan fingerprint density at radius 3 is 1.30 bits per heavy atom. The molecule has 0 amide bonds. The third-order valence-corrected chi connectivity index (χ3v) is 8.31. The average molecular weight is 564 g/mol. The Labute approximate surface area is 257 Å². The predicted molar refractivity (Wildman–Crippen MR) is 185 cm³/mol. The van der Waals surface area contributed by atoms with Gasteiger partial charge >= 0.3 is 0 Å². The summed E-state index contributed by atoms with van der Waals surface area (Å²) in [6, 6.07) is 62.1. The molecule has 0 aliphatic rings. The van der Waals surface area contributed by atoms with Crippen molar-refractivity contribution in [2.24, 2.45) is 0 Å². The van der Waals surface area contributed by atoms with Gasteiger partial charge in [-0.25, -0.2) is 0 Å². The fraction of sp³-hybridized carbons (Fsp3) is 0. The number of rotatable bonds is 6. The van der Waals surface area contributed by atoms with Crippen molar-refractivity contribution in [2.75, 3.05) is 4.90 Å². The van der Waals surface area contributed by atoms with Crippen molar-refractivity contribution in [3.8, 4) is 33.4 Å². The lowest BCUT2D eigenvalue weighted by Crippen LogP contribution is -2.09. The highest BCUT2D eigenvalue weighted by Gasteiger charge is 2.15. The molecule has 0 aliphatic carbocycles. The first-order valence-electron chi connectivity index (χ1n) is 14.9. The van der Waals surface area contributed by atoms with Crippen molar-refractivity contribution in [3.05, 3.63) is 176 Å². The van der Waals surface area contributed by atoms with E-state index in [2.05, 4.69) is 169 Å². The lowest BCUT2D eigenvalue weighted by Gasteiger charge is -2.26. The average Bonchev–Trinajstić information content (AvgIpc) is 3.49. The van der Waals surface area contributed by atoms with Gasteiger partial charge in [0.15, 0.2) is 0 Å². The summed E-state index contributed by atoms with van der Waals surface area (Å²) in [7, 11) is 0. The van der Waals surface area contributed by atoms with Gasteiger partial charge in [-0.3, -0.25) is 0 Å². The van der Waals surface area contributed by atoms with Crippen LogP contribution in [-0.2, 0) is 0 Å².